The van der Waals surface area contributed by atoms with Crippen molar-refractivity contribution >= 4 is 0 Å². The first-order chi connectivity index (χ1) is 12.9. The Balaban J connectivity index is 1.56. The van der Waals surface area contributed by atoms with Gasteiger partial charge in [-0.05, 0) is 91.2 Å². The number of hydrogen-bond acceptors (Lipinski definition) is 2. The zero-order chi connectivity index (χ0) is 19.2. The van der Waals surface area contributed by atoms with E-state index in [1.54, 1.807) is 0 Å². The number of phenols is 2. The summed E-state index contributed by atoms with van der Waals surface area (Å²) >= 11 is 0. The van der Waals surface area contributed by atoms with Crippen molar-refractivity contribution in [3.8, 4) is 11.5 Å². The summed E-state index contributed by atoms with van der Waals surface area (Å²) in [6, 6.07) is 3.94. The standard InChI is InChI=1S/C25H38O2/c1-4-5-6-7-8-25(2,3)20-14-21(26)24(22(27)15-20)23-18-10-16-9-17(12-18)13-19(23)11-16/h14-19,23,26-27H,4-13H2,1-3H3. The average Bonchev–Trinajstić information content (AvgIpc) is 2.59. The summed E-state index contributed by atoms with van der Waals surface area (Å²) in [5, 5.41) is 21.9. The van der Waals surface area contributed by atoms with Crippen LogP contribution in [0.1, 0.15) is 102 Å². The van der Waals surface area contributed by atoms with Crippen molar-refractivity contribution < 1.29 is 10.2 Å². The Hall–Kier alpha value is -1.18. The van der Waals surface area contributed by atoms with Gasteiger partial charge in [0.15, 0.2) is 0 Å². The Morgan fingerprint density at radius 3 is 1.93 bits per heavy atom. The first kappa shape index (κ1) is 19.2. The summed E-state index contributed by atoms with van der Waals surface area (Å²) in [6.07, 6.45) is 12.8. The highest BCUT2D eigenvalue weighted by Crippen LogP contribution is 2.62. The van der Waals surface area contributed by atoms with Crippen molar-refractivity contribution in [2.24, 2.45) is 23.7 Å². The molecule has 0 radical (unpaired) electrons. The molecular weight excluding hydrogens is 332 g/mol. The van der Waals surface area contributed by atoms with Crippen molar-refractivity contribution in [2.75, 3.05) is 0 Å². The highest BCUT2D eigenvalue weighted by molar-refractivity contribution is 5.51. The van der Waals surface area contributed by atoms with Gasteiger partial charge in [-0.2, -0.15) is 0 Å². The molecular formula is C25H38O2. The molecule has 4 fully saturated rings. The summed E-state index contributed by atoms with van der Waals surface area (Å²) in [6.45, 7) is 6.73. The van der Waals surface area contributed by atoms with Crippen LogP contribution in [-0.2, 0) is 5.41 Å². The predicted molar refractivity (Wildman–Crippen MR) is 111 cm³/mol. The molecule has 0 spiro atoms. The molecule has 4 aliphatic carbocycles. The van der Waals surface area contributed by atoms with Crippen molar-refractivity contribution in [3.63, 3.8) is 0 Å². The largest absolute Gasteiger partial charge is 0.508 e. The smallest absolute Gasteiger partial charge is 0.123 e. The van der Waals surface area contributed by atoms with Crippen LogP contribution in [0.2, 0.25) is 0 Å². The molecule has 4 aliphatic rings. The lowest BCUT2D eigenvalue weighted by Crippen LogP contribution is -2.43. The normalized spacial score (nSPS) is 32.2. The van der Waals surface area contributed by atoms with E-state index >= 15 is 0 Å². The van der Waals surface area contributed by atoms with Gasteiger partial charge in [0.25, 0.3) is 0 Å². The van der Waals surface area contributed by atoms with E-state index in [1.165, 1.54) is 57.8 Å². The first-order valence-corrected chi connectivity index (χ1v) is 11.5. The summed E-state index contributed by atoms with van der Waals surface area (Å²) in [7, 11) is 0. The third-order valence-corrected chi connectivity index (χ3v) is 8.13. The number of aromatic hydroxyl groups is 2. The first-order valence-electron chi connectivity index (χ1n) is 11.5. The van der Waals surface area contributed by atoms with Crippen LogP contribution >= 0.6 is 0 Å². The fraction of sp³-hybridized carbons (Fsp3) is 0.760. The zero-order valence-electron chi connectivity index (χ0n) is 17.5. The van der Waals surface area contributed by atoms with Gasteiger partial charge in [-0.3, -0.25) is 0 Å². The zero-order valence-corrected chi connectivity index (χ0v) is 17.5. The second-order valence-electron chi connectivity index (χ2n) is 10.6. The number of phenolic OH excluding ortho intramolecular Hbond substituents is 2. The SMILES string of the molecule is CCCCCCC(C)(C)c1cc(O)c(C2C3CC4CC(C3)CC2C4)c(O)c1. The maximum atomic E-state index is 11.0. The summed E-state index contributed by atoms with van der Waals surface area (Å²) in [5.74, 6) is 4.24. The fourth-order valence-corrected chi connectivity index (χ4v) is 6.89. The number of benzene rings is 1. The van der Waals surface area contributed by atoms with E-state index in [2.05, 4.69) is 20.8 Å². The third-order valence-electron chi connectivity index (χ3n) is 8.13. The Morgan fingerprint density at radius 2 is 1.41 bits per heavy atom. The lowest BCUT2D eigenvalue weighted by atomic mass is 9.50. The fourth-order valence-electron chi connectivity index (χ4n) is 6.89. The van der Waals surface area contributed by atoms with E-state index in [9.17, 15) is 10.2 Å². The summed E-state index contributed by atoms with van der Waals surface area (Å²) in [5.41, 5.74) is 1.95. The molecule has 0 aromatic heterocycles. The van der Waals surface area contributed by atoms with Gasteiger partial charge in [0.05, 0.1) is 0 Å². The molecule has 1 aromatic rings. The Kier molecular flexibility index (Phi) is 5.20. The van der Waals surface area contributed by atoms with E-state index in [-0.39, 0.29) is 5.41 Å². The Labute approximate surface area is 165 Å². The second-order valence-corrected chi connectivity index (χ2v) is 10.6. The Bertz CT molecular complexity index is 624. The van der Waals surface area contributed by atoms with E-state index < -0.39 is 0 Å². The molecule has 0 unspecified atom stereocenters. The van der Waals surface area contributed by atoms with Gasteiger partial charge < -0.3 is 10.2 Å². The highest BCUT2D eigenvalue weighted by atomic mass is 16.3. The van der Waals surface area contributed by atoms with Crippen LogP contribution in [0.5, 0.6) is 11.5 Å². The van der Waals surface area contributed by atoms with Crippen LogP contribution in [0.4, 0.5) is 0 Å². The van der Waals surface area contributed by atoms with Gasteiger partial charge in [0.1, 0.15) is 11.5 Å². The van der Waals surface area contributed by atoms with Gasteiger partial charge in [-0.25, -0.2) is 0 Å². The molecule has 0 aliphatic heterocycles. The second kappa shape index (κ2) is 7.33. The molecule has 0 saturated heterocycles. The van der Waals surface area contributed by atoms with Gasteiger partial charge in [0.2, 0.25) is 0 Å². The molecule has 27 heavy (non-hydrogen) atoms. The lowest BCUT2D eigenvalue weighted by molar-refractivity contribution is -0.00421. The molecule has 0 atom stereocenters. The number of hydrogen-bond donors (Lipinski definition) is 2. The van der Waals surface area contributed by atoms with Gasteiger partial charge in [-0.15, -0.1) is 0 Å². The summed E-state index contributed by atoms with van der Waals surface area (Å²) < 4.78 is 0. The molecule has 4 bridgehead atoms. The minimum Gasteiger partial charge on any atom is -0.508 e. The van der Waals surface area contributed by atoms with Crippen LogP contribution in [0.25, 0.3) is 0 Å². The van der Waals surface area contributed by atoms with Crippen LogP contribution < -0.4 is 0 Å². The molecule has 2 heteroatoms. The lowest BCUT2D eigenvalue weighted by Gasteiger charge is -2.54. The minimum absolute atomic E-state index is 0.00864. The molecule has 0 amide bonds. The summed E-state index contributed by atoms with van der Waals surface area (Å²) in [4.78, 5) is 0. The Morgan fingerprint density at radius 1 is 0.852 bits per heavy atom. The topological polar surface area (TPSA) is 40.5 Å². The van der Waals surface area contributed by atoms with Crippen molar-refractivity contribution in [1.29, 1.82) is 0 Å². The highest BCUT2D eigenvalue weighted by Gasteiger charge is 2.50. The van der Waals surface area contributed by atoms with Crippen LogP contribution in [0.15, 0.2) is 12.1 Å². The van der Waals surface area contributed by atoms with E-state index in [1.807, 2.05) is 12.1 Å². The quantitative estimate of drug-likeness (QED) is 0.513. The van der Waals surface area contributed by atoms with Crippen LogP contribution in [0.3, 0.4) is 0 Å². The number of rotatable bonds is 7. The number of unbranched alkanes of at least 4 members (excludes halogenated alkanes) is 3. The maximum absolute atomic E-state index is 11.0. The van der Waals surface area contributed by atoms with Crippen molar-refractivity contribution in [3.05, 3.63) is 23.3 Å². The molecule has 1 aromatic carbocycles. The molecule has 150 valence electrons. The van der Waals surface area contributed by atoms with Crippen molar-refractivity contribution in [2.45, 2.75) is 96.3 Å². The molecule has 5 rings (SSSR count). The molecule has 0 heterocycles. The minimum atomic E-state index is -0.00864. The van der Waals surface area contributed by atoms with E-state index in [0.717, 1.165) is 29.4 Å². The van der Waals surface area contributed by atoms with Crippen LogP contribution in [-0.4, -0.2) is 10.2 Å². The molecule has 4 saturated carbocycles. The average molecular weight is 371 g/mol. The molecule has 2 N–H and O–H groups in total. The van der Waals surface area contributed by atoms with Gasteiger partial charge in [-0.1, -0.05) is 46.5 Å². The van der Waals surface area contributed by atoms with E-state index in [4.69, 9.17) is 0 Å². The molecule has 2 nitrogen and oxygen atoms in total. The predicted octanol–water partition coefficient (Wildman–Crippen LogP) is 6.89. The van der Waals surface area contributed by atoms with Crippen molar-refractivity contribution in [1.82, 2.24) is 0 Å². The van der Waals surface area contributed by atoms with Crippen LogP contribution in [0, 0.1) is 23.7 Å². The third kappa shape index (κ3) is 3.61. The maximum Gasteiger partial charge on any atom is 0.123 e. The van der Waals surface area contributed by atoms with E-state index in [0.29, 0.717) is 29.3 Å². The van der Waals surface area contributed by atoms with Gasteiger partial charge >= 0.3 is 0 Å². The van der Waals surface area contributed by atoms with Gasteiger partial charge in [0, 0.05) is 5.56 Å². The monoisotopic (exact) mass is 370 g/mol.